The maximum Gasteiger partial charge on any atom is 0.239 e. The van der Waals surface area contributed by atoms with E-state index in [0.717, 1.165) is 11.3 Å². The van der Waals surface area contributed by atoms with Gasteiger partial charge in [0.05, 0.1) is 20.2 Å². The van der Waals surface area contributed by atoms with E-state index in [1.54, 1.807) is 12.0 Å². The summed E-state index contributed by atoms with van der Waals surface area (Å²) in [6, 6.07) is 7.77. The molecule has 21 heavy (non-hydrogen) atoms. The fourth-order valence-electron chi connectivity index (χ4n) is 2.32. The van der Waals surface area contributed by atoms with Crippen molar-refractivity contribution in [3.63, 3.8) is 0 Å². The fourth-order valence-corrected chi connectivity index (χ4v) is 2.32. The van der Waals surface area contributed by atoms with Crippen LogP contribution in [-0.4, -0.2) is 62.0 Å². The molecule has 0 aliphatic carbocycles. The summed E-state index contributed by atoms with van der Waals surface area (Å²) in [6.45, 7) is 2.22. The molecule has 0 aromatic heterocycles. The van der Waals surface area contributed by atoms with E-state index in [1.165, 1.54) is 0 Å². The lowest BCUT2D eigenvalue weighted by Gasteiger charge is -2.28. The highest BCUT2D eigenvalue weighted by Crippen LogP contribution is 2.13. The number of methoxy groups -OCH3 is 1. The Labute approximate surface area is 124 Å². The molecule has 1 aliphatic rings. The van der Waals surface area contributed by atoms with Gasteiger partial charge in [-0.15, -0.1) is 0 Å². The lowest BCUT2D eigenvalue weighted by molar-refractivity contribution is -0.138. The predicted molar refractivity (Wildman–Crippen MR) is 78.9 cm³/mol. The molecule has 6 nitrogen and oxygen atoms in total. The highest BCUT2D eigenvalue weighted by atomic mass is 16.5. The van der Waals surface area contributed by atoms with E-state index in [2.05, 4.69) is 5.32 Å². The standard InChI is InChI=1S/C15H21N3O3/c1-17(9-12-4-3-5-13(8-12)21-2)11-15(20)18-7-6-16-14(19)10-18/h3-5,8H,6-7,9-11H2,1-2H3,(H,16,19). The van der Waals surface area contributed by atoms with Crippen molar-refractivity contribution in [2.24, 2.45) is 0 Å². The zero-order valence-corrected chi connectivity index (χ0v) is 12.5. The van der Waals surface area contributed by atoms with Gasteiger partial charge in [0.25, 0.3) is 0 Å². The number of nitrogens with zero attached hydrogens (tertiary/aromatic N) is 2. The highest BCUT2D eigenvalue weighted by Gasteiger charge is 2.21. The maximum absolute atomic E-state index is 12.1. The minimum absolute atomic E-state index is 0.0183. The third-order valence-electron chi connectivity index (χ3n) is 3.38. The Morgan fingerprint density at radius 2 is 2.29 bits per heavy atom. The van der Waals surface area contributed by atoms with E-state index in [0.29, 0.717) is 26.2 Å². The quantitative estimate of drug-likeness (QED) is 0.835. The van der Waals surface area contributed by atoms with Crippen molar-refractivity contribution in [2.45, 2.75) is 6.54 Å². The van der Waals surface area contributed by atoms with Crippen LogP contribution in [0.15, 0.2) is 24.3 Å². The van der Waals surface area contributed by atoms with Crippen LogP contribution in [0.4, 0.5) is 0 Å². The Morgan fingerprint density at radius 1 is 1.48 bits per heavy atom. The number of benzene rings is 1. The number of piperazine rings is 1. The topological polar surface area (TPSA) is 61.9 Å². The van der Waals surface area contributed by atoms with E-state index in [-0.39, 0.29) is 18.4 Å². The molecule has 2 rings (SSSR count). The molecule has 0 atom stereocenters. The summed E-state index contributed by atoms with van der Waals surface area (Å²) in [5.74, 6) is 0.695. The SMILES string of the molecule is COc1cccc(CN(C)CC(=O)N2CCNC(=O)C2)c1. The molecule has 2 amide bonds. The van der Waals surface area contributed by atoms with Crippen LogP contribution >= 0.6 is 0 Å². The summed E-state index contributed by atoms with van der Waals surface area (Å²) in [7, 11) is 3.52. The summed E-state index contributed by atoms with van der Waals surface area (Å²) in [6.07, 6.45) is 0. The molecule has 0 spiro atoms. The summed E-state index contributed by atoms with van der Waals surface area (Å²) < 4.78 is 5.19. The minimum Gasteiger partial charge on any atom is -0.497 e. The van der Waals surface area contributed by atoms with Gasteiger partial charge >= 0.3 is 0 Å². The van der Waals surface area contributed by atoms with E-state index < -0.39 is 0 Å². The average molecular weight is 291 g/mol. The molecule has 1 fully saturated rings. The summed E-state index contributed by atoms with van der Waals surface area (Å²) in [5.41, 5.74) is 1.08. The third-order valence-corrected chi connectivity index (χ3v) is 3.38. The van der Waals surface area contributed by atoms with Gasteiger partial charge in [-0.3, -0.25) is 14.5 Å². The number of carbonyl (C=O) groups is 2. The first kappa shape index (κ1) is 15.3. The highest BCUT2D eigenvalue weighted by molar-refractivity contribution is 5.86. The predicted octanol–water partition coefficient (Wildman–Crippen LogP) is 0.0854. The van der Waals surface area contributed by atoms with Crippen LogP contribution in [0, 0.1) is 0 Å². The number of hydrogen-bond donors (Lipinski definition) is 1. The molecule has 1 saturated heterocycles. The van der Waals surface area contributed by atoms with Crippen molar-refractivity contribution < 1.29 is 14.3 Å². The largest absolute Gasteiger partial charge is 0.497 e. The van der Waals surface area contributed by atoms with Gasteiger partial charge in [0.1, 0.15) is 5.75 Å². The van der Waals surface area contributed by atoms with Crippen molar-refractivity contribution in [3.8, 4) is 5.75 Å². The first-order chi connectivity index (χ1) is 10.1. The van der Waals surface area contributed by atoms with Crippen LogP contribution in [0.2, 0.25) is 0 Å². The molecule has 1 aliphatic heterocycles. The first-order valence-corrected chi connectivity index (χ1v) is 6.94. The number of likely N-dealkylation sites (N-methyl/N-ethyl adjacent to an activating group) is 1. The van der Waals surface area contributed by atoms with Crippen molar-refractivity contribution >= 4 is 11.8 Å². The zero-order chi connectivity index (χ0) is 15.2. The van der Waals surface area contributed by atoms with Crippen molar-refractivity contribution in [3.05, 3.63) is 29.8 Å². The lowest BCUT2D eigenvalue weighted by Crippen LogP contribution is -2.52. The Balaban J connectivity index is 1.87. The average Bonchev–Trinajstić information content (AvgIpc) is 2.47. The Morgan fingerprint density at radius 3 is 3.00 bits per heavy atom. The monoisotopic (exact) mass is 291 g/mol. The van der Waals surface area contributed by atoms with Gasteiger partial charge in [-0.05, 0) is 24.7 Å². The van der Waals surface area contributed by atoms with Gasteiger partial charge in [0, 0.05) is 19.6 Å². The van der Waals surface area contributed by atoms with Gasteiger partial charge in [0.2, 0.25) is 11.8 Å². The van der Waals surface area contributed by atoms with Crippen molar-refractivity contribution in [1.82, 2.24) is 15.1 Å². The second kappa shape index (κ2) is 7.08. The van der Waals surface area contributed by atoms with Crippen molar-refractivity contribution in [1.29, 1.82) is 0 Å². The number of rotatable bonds is 5. The second-order valence-corrected chi connectivity index (χ2v) is 5.19. The van der Waals surface area contributed by atoms with Crippen LogP contribution in [-0.2, 0) is 16.1 Å². The van der Waals surface area contributed by atoms with Crippen LogP contribution < -0.4 is 10.1 Å². The summed E-state index contributed by atoms with van der Waals surface area (Å²) in [5, 5.41) is 2.71. The van der Waals surface area contributed by atoms with E-state index >= 15 is 0 Å². The number of amides is 2. The molecule has 1 N–H and O–H groups in total. The Hall–Kier alpha value is -2.08. The Kier molecular flexibility index (Phi) is 5.16. The molecule has 6 heteroatoms. The van der Waals surface area contributed by atoms with E-state index in [9.17, 15) is 9.59 Å². The maximum atomic E-state index is 12.1. The van der Waals surface area contributed by atoms with Crippen LogP contribution in [0.25, 0.3) is 0 Å². The molecule has 0 unspecified atom stereocenters. The Bertz CT molecular complexity index is 519. The van der Waals surface area contributed by atoms with Gasteiger partial charge in [-0.25, -0.2) is 0 Å². The van der Waals surface area contributed by atoms with Gasteiger partial charge in [-0.2, -0.15) is 0 Å². The van der Waals surface area contributed by atoms with Crippen LogP contribution in [0.3, 0.4) is 0 Å². The van der Waals surface area contributed by atoms with Gasteiger partial charge in [-0.1, -0.05) is 12.1 Å². The summed E-state index contributed by atoms with van der Waals surface area (Å²) in [4.78, 5) is 27.0. The first-order valence-electron chi connectivity index (χ1n) is 6.94. The molecule has 1 aromatic carbocycles. The molecular formula is C15H21N3O3. The number of ether oxygens (including phenoxy) is 1. The number of carbonyl (C=O) groups excluding carboxylic acids is 2. The van der Waals surface area contributed by atoms with Crippen LogP contribution in [0.5, 0.6) is 5.75 Å². The van der Waals surface area contributed by atoms with E-state index in [1.807, 2.05) is 36.2 Å². The number of nitrogens with one attached hydrogen (secondary N) is 1. The smallest absolute Gasteiger partial charge is 0.239 e. The molecule has 0 saturated carbocycles. The van der Waals surface area contributed by atoms with Gasteiger partial charge < -0.3 is 15.0 Å². The normalized spacial score (nSPS) is 15.0. The molecule has 114 valence electrons. The van der Waals surface area contributed by atoms with Gasteiger partial charge in [0.15, 0.2) is 0 Å². The molecular weight excluding hydrogens is 270 g/mol. The zero-order valence-electron chi connectivity index (χ0n) is 12.5. The molecule has 1 aromatic rings. The number of hydrogen-bond acceptors (Lipinski definition) is 4. The third kappa shape index (κ3) is 4.46. The minimum atomic E-state index is -0.0925. The fraction of sp³-hybridized carbons (Fsp3) is 0.467. The van der Waals surface area contributed by atoms with E-state index in [4.69, 9.17) is 4.74 Å². The van der Waals surface area contributed by atoms with Crippen molar-refractivity contribution in [2.75, 3.05) is 40.3 Å². The molecule has 1 heterocycles. The summed E-state index contributed by atoms with van der Waals surface area (Å²) >= 11 is 0. The lowest BCUT2D eigenvalue weighted by atomic mass is 10.2. The second-order valence-electron chi connectivity index (χ2n) is 5.19. The molecule has 0 bridgehead atoms. The molecule has 0 radical (unpaired) electrons. The van der Waals surface area contributed by atoms with Crippen LogP contribution in [0.1, 0.15) is 5.56 Å².